The number of hydrogen-bond donors (Lipinski definition) is 0. The van der Waals surface area contributed by atoms with Gasteiger partial charge in [0, 0.05) is 14.7 Å². The molecule has 3 nitrogen and oxygen atoms in total. The fourth-order valence-corrected chi connectivity index (χ4v) is 2.37. The van der Waals surface area contributed by atoms with Gasteiger partial charge < -0.3 is 14.2 Å². The zero-order valence-electron chi connectivity index (χ0n) is 15.3. The molecule has 0 radical (unpaired) electrons. The van der Waals surface area contributed by atoms with Gasteiger partial charge >= 0.3 is 0 Å². The van der Waals surface area contributed by atoms with Gasteiger partial charge in [-0.25, -0.2) is 0 Å². The lowest BCUT2D eigenvalue weighted by Crippen LogP contribution is -2.22. The van der Waals surface area contributed by atoms with Crippen LogP contribution in [0.5, 0.6) is 0 Å². The van der Waals surface area contributed by atoms with Crippen LogP contribution in [0, 0.1) is 0 Å². The van der Waals surface area contributed by atoms with Crippen molar-refractivity contribution in [2.45, 2.75) is 51.2 Å². The molecular weight excluding hydrogens is 304 g/mol. The molecule has 0 N–H and O–H groups in total. The molecule has 0 fully saturated rings. The first kappa shape index (κ1) is 22.1. The summed E-state index contributed by atoms with van der Waals surface area (Å²) in [5.41, 5.74) is 0. The van der Waals surface area contributed by atoms with E-state index in [4.69, 9.17) is 14.2 Å². The summed E-state index contributed by atoms with van der Waals surface area (Å²) in [6.07, 6.45) is 12.3. The second-order valence-corrected chi connectivity index (χ2v) is 12.3. The molecule has 0 rings (SSSR count). The van der Waals surface area contributed by atoms with Crippen molar-refractivity contribution < 1.29 is 14.2 Å². The van der Waals surface area contributed by atoms with Gasteiger partial charge in [0.2, 0.25) is 0 Å². The Morgan fingerprint density at radius 2 is 1.83 bits per heavy atom. The predicted octanol–water partition coefficient (Wildman–Crippen LogP) is 4.96. The first-order valence-electron chi connectivity index (χ1n) is 8.26. The molecule has 0 amide bonds. The van der Waals surface area contributed by atoms with Crippen molar-refractivity contribution in [1.82, 2.24) is 0 Å². The van der Waals surface area contributed by atoms with Crippen LogP contribution in [0.4, 0.5) is 0 Å². The Kier molecular flexibility index (Phi) is 12.9. The van der Waals surface area contributed by atoms with Gasteiger partial charge in [0.05, 0.1) is 18.8 Å². The first-order chi connectivity index (χ1) is 10.9. The van der Waals surface area contributed by atoms with Crippen LogP contribution < -0.4 is 0 Å². The fourth-order valence-electron chi connectivity index (χ4n) is 1.62. The standard InChI is InChI=1S/C19H34O3Si/c1-7-9-10-14-21-19(8-2)13-11-12-18(3)22-17-20-15-16-23(4,5)6/h7-12,18-19H,1-2,13-17H2,3-6H3/b10-9+,12-11-/t18-,19-/m1/s1. The summed E-state index contributed by atoms with van der Waals surface area (Å²) in [4.78, 5) is 0. The Morgan fingerprint density at radius 3 is 2.43 bits per heavy atom. The zero-order chi connectivity index (χ0) is 17.6. The average Bonchev–Trinajstić information content (AvgIpc) is 2.48. The maximum Gasteiger partial charge on any atom is 0.147 e. The van der Waals surface area contributed by atoms with Gasteiger partial charge in [-0.15, -0.1) is 6.58 Å². The Bertz CT molecular complexity index is 369. The van der Waals surface area contributed by atoms with Crippen LogP contribution in [0.25, 0.3) is 0 Å². The third-order valence-electron chi connectivity index (χ3n) is 3.13. The Balaban J connectivity index is 3.80. The van der Waals surface area contributed by atoms with E-state index >= 15 is 0 Å². The summed E-state index contributed by atoms with van der Waals surface area (Å²) in [7, 11) is -1.02. The molecule has 0 aromatic rings. The maximum absolute atomic E-state index is 5.65. The highest BCUT2D eigenvalue weighted by molar-refractivity contribution is 6.76. The van der Waals surface area contributed by atoms with Gasteiger partial charge in [0.25, 0.3) is 0 Å². The summed E-state index contributed by atoms with van der Waals surface area (Å²) >= 11 is 0. The molecule has 0 aliphatic rings. The lowest BCUT2D eigenvalue weighted by atomic mass is 10.2. The SMILES string of the molecule is C=C/C=C/CO[C@H](C=C)C/C=C\[C@@H](C)OCOCC[Si](C)(C)C. The number of hydrogen-bond acceptors (Lipinski definition) is 3. The highest BCUT2D eigenvalue weighted by Gasteiger charge is 2.12. The van der Waals surface area contributed by atoms with Crippen LogP contribution in [0.2, 0.25) is 25.7 Å². The molecule has 0 saturated heterocycles. The minimum Gasteiger partial charge on any atom is -0.370 e. The first-order valence-corrected chi connectivity index (χ1v) is 12.0. The second kappa shape index (κ2) is 13.5. The van der Waals surface area contributed by atoms with Crippen LogP contribution in [-0.4, -0.2) is 40.3 Å². The monoisotopic (exact) mass is 338 g/mol. The molecule has 0 bridgehead atoms. The van der Waals surface area contributed by atoms with E-state index in [0.717, 1.165) is 13.0 Å². The summed E-state index contributed by atoms with van der Waals surface area (Å²) < 4.78 is 16.8. The van der Waals surface area contributed by atoms with Gasteiger partial charge in [0.15, 0.2) is 0 Å². The third-order valence-corrected chi connectivity index (χ3v) is 4.83. The van der Waals surface area contributed by atoms with Gasteiger partial charge in [0.1, 0.15) is 6.79 Å². The molecule has 0 aromatic heterocycles. The lowest BCUT2D eigenvalue weighted by molar-refractivity contribution is -0.0666. The van der Waals surface area contributed by atoms with Crippen molar-refractivity contribution >= 4 is 8.07 Å². The topological polar surface area (TPSA) is 27.7 Å². The zero-order valence-corrected chi connectivity index (χ0v) is 16.3. The molecule has 0 aliphatic heterocycles. The summed E-state index contributed by atoms with van der Waals surface area (Å²) in [5, 5.41) is 0. The molecule has 0 aromatic carbocycles. The lowest BCUT2D eigenvalue weighted by Gasteiger charge is -2.16. The second-order valence-electron chi connectivity index (χ2n) is 6.64. The Labute approximate surface area is 143 Å². The quantitative estimate of drug-likeness (QED) is 0.147. The predicted molar refractivity (Wildman–Crippen MR) is 103 cm³/mol. The van der Waals surface area contributed by atoms with Crippen molar-refractivity contribution in [3.63, 3.8) is 0 Å². The molecule has 0 saturated carbocycles. The van der Waals surface area contributed by atoms with Crippen molar-refractivity contribution in [3.8, 4) is 0 Å². The van der Waals surface area contributed by atoms with Crippen molar-refractivity contribution in [3.05, 3.63) is 49.6 Å². The summed E-state index contributed by atoms with van der Waals surface area (Å²) in [5.74, 6) is 0. The Hall–Kier alpha value is -0.943. The molecule has 132 valence electrons. The number of allylic oxidation sites excluding steroid dienone is 2. The van der Waals surface area contributed by atoms with E-state index in [2.05, 4.69) is 38.9 Å². The van der Waals surface area contributed by atoms with Crippen molar-refractivity contribution in [1.29, 1.82) is 0 Å². The van der Waals surface area contributed by atoms with Crippen LogP contribution in [0.15, 0.2) is 49.6 Å². The molecule has 0 spiro atoms. The smallest absolute Gasteiger partial charge is 0.147 e. The van der Waals surface area contributed by atoms with Crippen LogP contribution >= 0.6 is 0 Å². The van der Waals surface area contributed by atoms with Gasteiger partial charge in [-0.2, -0.15) is 0 Å². The van der Waals surface area contributed by atoms with E-state index in [1.54, 1.807) is 6.08 Å². The summed E-state index contributed by atoms with van der Waals surface area (Å²) in [6, 6.07) is 1.17. The number of rotatable bonds is 14. The minimum absolute atomic E-state index is 0.0147. The van der Waals surface area contributed by atoms with E-state index in [1.165, 1.54) is 6.04 Å². The normalized spacial score (nSPS) is 15.1. The van der Waals surface area contributed by atoms with Crippen LogP contribution in [0.1, 0.15) is 13.3 Å². The highest BCUT2D eigenvalue weighted by Crippen LogP contribution is 2.08. The maximum atomic E-state index is 5.65. The third kappa shape index (κ3) is 15.7. The molecule has 0 aliphatic carbocycles. The van der Waals surface area contributed by atoms with E-state index in [1.807, 2.05) is 31.2 Å². The molecule has 0 heterocycles. The van der Waals surface area contributed by atoms with Crippen LogP contribution in [-0.2, 0) is 14.2 Å². The Morgan fingerprint density at radius 1 is 1.09 bits per heavy atom. The molecule has 2 atom stereocenters. The van der Waals surface area contributed by atoms with E-state index < -0.39 is 8.07 Å². The fraction of sp³-hybridized carbons (Fsp3) is 0.579. The highest BCUT2D eigenvalue weighted by atomic mass is 28.3. The minimum atomic E-state index is -1.02. The van der Waals surface area contributed by atoms with Crippen molar-refractivity contribution in [2.24, 2.45) is 0 Å². The van der Waals surface area contributed by atoms with E-state index in [0.29, 0.717) is 13.4 Å². The molecular formula is C19H34O3Si. The summed E-state index contributed by atoms with van der Waals surface area (Å²) in [6.45, 7) is 18.1. The van der Waals surface area contributed by atoms with E-state index in [9.17, 15) is 0 Å². The molecule has 0 unspecified atom stereocenters. The molecule has 4 heteroatoms. The number of ether oxygens (including phenoxy) is 3. The van der Waals surface area contributed by atoms with Gasteiger partial charge in [-0.3, -0.25) is 0 Å². The largest absolute Gasteiger partial charge is 0.370 e. The van der Waals surface area contributed by atoms with Crippen molar-refractivity contribution in [2.75, 3.05) is 20.0 Å². The van der Waals surface area contributed by atoms with Gasteiger partial charge in [-0.1, -0.05) is 62.7 Å². The van der Waals surface area contributed by atoms with Gasteiger partial charge in [-0.05, 0) is 19.4 Å². The van der Waals surface area contributed by atoms with E-state index in [-0.39, 0.29) is 12.2 Å². The van der Waals surface area contributed by atoms with Crippen LogP contribution in [0.3, 0.4) is 0 Å². The average molecular weight is 339 g/mol. The molecule has 23 heavy (non-hydrogen) atoms.